The molecule has 1 unspecified atom stereocenters. The Balaban J connectivity index is 2.09. The van der Waals surface area contributed by atoms with Crippen LogP contribution in [0.25, 0.3) is 0 Å². The van der Waals surface area contributed by atoms with E-state index in [1.807, 2.05) is 18.2 Å². The normalized spacial score (nSPS) is 15.4. The van der Waals surface area contributed by atoms with Crippen LogP contribution >= 0.6 is 0 Å². The van der Waals surface area contributed by atoms with E-state index in [1.54, 1.807) is 25.1 Å². The second-order valence-corrected chi connectivity index (χ2v) is 6.08. The largest absolute Gasteiger partial charge is 0.495 e. The molecule has 1 heterocycles. The lowest BCUT2D eigenvalue weighted by Gasteiger charge is -2.27. The first-order chi connectivity index (χ1) is 12.5. The van der Waals surface area contributed by atoms with Crippen LogP contribution in [0.15, 0.2) is 36.4 Å². The minimum Gasteiger partial charge on any atom is -0.495 e. The molecule has 0 fully saturated rings. The molecule has 0 saturated carbocycles. The van der Waals surface area contributed by atoms with Crippen LogP contribution in [-0.2, 0) is 9.59 Å². The summed E-state index contributed by atoms with van der Waals surface area (Å²) in [6, 6.07) is 12.9. The minimum absolute atomic E-state index is 0.109. The third-order valence-corrected chi connectivity index (χ3v) is 4.42. The van der Waals surface area contributed by atoms with Gasteiger partial charge in [0.25, 0.3) is 0 Å². The van der Waals surface area contributed by atoms with Crippen molar-refractivity contribution in [1.29, 1.82) is 5.26 Å². The van der Waals surface area contributed by atoms with Crippen molar-refractivity contribution in [2.24, 2.45) is 0 Å². The Morgan fingerprint density at radius 2 is 2.19 bits per heavy atom. The van der Waals surface area contributed by atoms with Crippen LogP contribution in [0.4, 0.5) is 11.4 Å². The number of fused-ring (bicyclic) bond motifs is 1. The zero-order chi connectivity index (χ0) is 18.7. The van der Waals surface area contributed by atoms with Gasteiger partial charge in [0, 0.05) is 24.4 Å². The Kier molecular flexibility index (Phi) is 4.90. The molecule has 3 rings (SSSR count). The Morgan fingerprint density at radius 3 is 2.88 bits per heavy atom. The van der Waals surface area contributed by atoms with E-state index in [0.717, 1.165) is 11.1 Å². The van der Waals surface area contributed by atoms with Crippen molar-refractivity contribution in [2.75, 3.05) is 17.7 Å². The van der Waals surface area contributed by atoms with Gasteiger partial charge in [-0.15, -0.1) is 0 Å². The average Bonchev–Trinajstić information content (AvgIpc) is 2.66. The minimum atomic E-state index is -0.183. The molecule has 2 N–H and O–H groups in total. The maximum absolute atomic E-state index is 12.2. The quantitative estimate of drug-likeness (QED) is 0.885. The molecule has 26 heavy (non-hydrogen) atoms. The molecule has 2 aromatic carbocycles. The van der Waals surface area contributed by atoms with E-state index >= 15 is 0 Å². The number of hydrogen-bond acceptors (Lipinski definition) is 4. The third kappa shape index (κ3) is 3.38. The van der Waals surface area contributed by atoms with Crippen molar-refractivity contribution >= 4 is 23.2 Å². The fourth-order valence-electron chi connectivity index (χ4n) is 3.12. The maximum atomic E-state index is 12.2. The van der Waals surface area contributed by atoms with Gasteiger partial charge in [-0.05, 0) is 35.4 Å². The van der Waals surface area contributed by atoms with Crippen LogP contribution in [0.5, 0.6) is 5.75 Å². The summed E-state index contributed by atoms with van der Waals surface area (Å²) in [6.45, 7) is 1.76. The average molecular weight is 349 g/mol. The van der Waals surface area contributed by atoms with Crippen LogP contribution in [0, 0.1) is 11.3 Å². The summed E-state index contributed by atoms with van der Waals surface area (Å²) in [5.41, 5.74) is 3.50. The summed E-state index contributed by atoms with van der Waals surface area (Å²) in [7, 11) is 1.54. The zero-order valence-corrected chi connectivity index (χ0v) is 14.6. The van der Waals surface area contributed by atoms with E-state index in [-0.39, 0.29) is 24.2 Å². The van der Waals surface area contributed by atoms with Crippen molar-refractivity contribution in [3.8, 4) is 11.8 Å². The molecule has 0 radical (unpaired) electrons. The number of hydrogen-bond donors (Lipinski definition) is 2. The van der Waals surface area contributed by atoms with Gasteiger partial charge in [0.1, 0.15) is 5.75 Å². The molecular weight excluding hydrogens is 330 g/mol. The van der Waals surface area contributed by atoms with Crippen LogP contribution < -0.4 is 15.4 Å². The number of nitrogens with zero attached hydrogens (tertiary/aromatic N) is 1. The summed E-state index contributed by atoms with van der Waals surface area (Å²) in [5.74, 6) is 0.103. The molecule has 2 amide bonds. The lowest BCUT2D eigenvalue weighted by molar-refractivity contribution is -0.117. The number of nitriles is 1. The molecule has 0 saturated heterocycles. The van der Waals surface area contributed by atoms with Gasteiger partial charge in [0.15, 0.2) is 0 Å². The van der Waals surface area contributed by atoms with Crippen LogP contribution in [0.2, 0.25) is 0 Å². The molecular formula is C20H19N3O3. The molecule has 0 spiro atoms. The first-order valence-electron chi connectivity index (χ1n) is 8.37. The number of carbonyl (C=O) groups is 2. The van der Waals surface area contributed by atoms with Crippen LogP contribution in [0.3, 0.4) is 0 Å². The molecule has 1 aliphatic heterocycles. The van der Waals surface area contributed by atoms with Crippen molar-refractivity contribution in [3.05, 3.63) is 53.1 Å². The van der Waals surface area contributed by atoms with E-state index in [4.69, 9.17) is 10.00 Å². The summed E-state index contributed by atoms with van der Waals surface area (Å²) >= 11 is 0. The van der Waals surface area contributed by atoms with E-state index in [1.165, 1.54) is 7.11 Å². The van der Waals surface area contributed by atoms with Gasteiger partial charge in [-0.2, -0.15) is 5.26 Å². The molecule has 0 aliphatic carbocycles. The van der Waals surface area contributed by atoms with Gasteiger partial charge in [0.05, 0.1) is 24.4 Å². The Bertz CT molecular complexity index is 915. The topological polar surface area (TPSA) is 91.2 Å². The van der Waals surface area contributed by atoms with Crippen molar-refractivity contribution < 1.29 is 14.3 Å². The lowest BCUT2D eigenvalue weighted by atomic mass is 9.84. The van der Waals surface area contributed by atoms with Crippen molar-refractivity contribution in [1.82, 2.24) is 0 Å². The number of methoxy groups -OCH3 is 1. The number of nitrogens with one attached hydrogen (secondary N) is 2. The SMILES string of the molecule is CCC(=O)Nc1cc2c(cc1OC)C(c1cccc(C#N)c1)CC(=O)N2. The number of ether oxygens (including phenoxy) is 1. The lowest BCUT2D eigenvalue weighted by Crippen LogP contribution is -2.24. The third-order valence-electron chi connectivity index (χ3n) is 4.42. The van der Waals surface area contributed by atoms with Crippen molar-refractivity contribution in [3.63, 3.8) is 0 Å². The molecule has 1 atom stereocenters. The fourth-order valence-corrected chi connectivity index (χ4v) is 3.12. The predicted octanol–water partition coefficient (Wildman–Crippen LogP) is 3.39. The number of rotatable bonds is 4. The van der Waals surface area contributed by atoms with Crippen molar-refractivity contribution in [2.45, 2.75) is 25.7 Å². The molecule has 1 aliphatic rings. The first kappa shape index (κ1) is 17.5. The second kappa shape index (κ2) is 7.28. The summed E-state index contributed by atoms with van der Waals surface area (Å²) in [4.78, 5) is 24.0. The molecule has 0 aromatic heterocycles. The van der Waals surface area contributed by atoms with Gasteiger partial charge >= 0.3 is 0 Å². The second-order valence-electron chi connectivity index (χ2n) is 6.08. The highest BCUT2D eigenvalue weighted by Gasteiger charge is 2.28. The fraction of sp³-hybridized carbons (Fsp3) is 0.250. The van der Waals surface area contributed by atoms with Gasteiger partial charge in [0.2, 0.25) is 11.8 Å². The standard InChI is InChI=1S/C20H19N3O3/c1-3-19(24)23-17-10-16-15(8-18(17)26-2)14(9-20(25)22-16)13-6-4-5-12(7-13)11-21/h4-8,10,14H,3,9H2,1-2H3,(H,22,25)(H,23,24). The van der Waals surface area contributed by atoms with Gasteiger partial charge in [-0.25, -0.2) is 0 Å². The summed E-state index contributed by atoms with van der Waals surface area (Å²) in [5, 5.41) is 14.8. The number of benzene rings is 2. The molecule has 6 nitrogen and oxygen atoms in total. The highest BCUT2D eigenvalue weighted by atomic mass is 16.5. The summed E-state index contributed by atoms with van der Waals surface area (Å²) in [6.07, 6.45) is 0.627. The van der Waals surface area contributed by atoms with E-state index < -0.39 is 0 Å². The van der Waals surface area contributed by atoms with Gasteiger partial charge < -0.3 is 15.4 Å². The van der Waals surface area contributed by atoms with Crippen LogP contribution in [0.1, 0.15) is 42.4 Å². The zero-order valence-electron chi connectivity index (χ0n) is 14.6. The number of carbonyl (C=O) groups excluding carboxylic acids is 2. The monoisotopic (exact) mass is 349 g/mol. The molecule has 6 heteroatoms. The molecule has 2 aromatic rings. The predicted molar refractivity (Wildman–Crippen MR) is 98.2 cm³/mol. The number of anilines is 2. The Labute approximate surface area is 151 Å². The summed E-state index contributed by atoms with van der Waals surface area (Å²) < 4.78 is 5.43. The molecule has 0 bridgehead atoms. The van der Waals surface area contributed by atoms with Crippen LogP contribution in [-0.4, -0.2) is 18.9 Å². The van der Waals surface area contributed by atoms with Gasteiger partial charge in [-0.1, -0.05) is 19.1 Å². The highest BCUT2D eigenvalue weighted by molar-refractivity contribution is 5.98. The first-order valence-corrected chi connectivity index (χ1v) is 8.37. The smallest absolute Gasteiger partial charge is 0.225 e. The number of amides is 2. The van der Waals surface area contributed by atoms with E-state index in [0.29, 0.717) is 29.1 Å². The Morgan fingerprint density at radius 1 is 1.38 bits per heavy atom. The Hall–Kier alpha value is -3.33. The van der Waals surface area contributed by atoms with E-state index in [9.17, 15) is 9.59 Å². The van der Waals surface area contributed by atoms with E-state index in [2.05, 4.69) is 16.7 Å². The highest BCUT2D eigenvalue weighted by Crippen LogP contribution is 2.42. The molecule has 132 valence electrons. The van der Waals surface area contributed by atoms with Gasteiger partial charge in [-0.3, -0.25) is 9.59 Å². The maximum Gasteiger partial charge on any atom is 0.225 e.